The maximum atomic E-state index is 5.97. The van der Waals surface area contributed by atoms with Crippen LogP contribution < -0.4 is 35.7 Å². The van der Waals surface area contributed by atoms with Gasteiger partial charge in [0, 0.05) is 50.8 Å². The zero-order chi connectivity index (χ0) is 48.6. The molecule has 1 aromatic heterocycles. The monoisotopic (exact) mass is 947 g/mol. The standard InChI is InChI=1S/C63H46BN5O4/c1-39-62(70-39)72-50-33-25-43(26-34-50)41-21-29-48(30-22-41)68-54-19-11-9-17-52(54)64-53-18-10-12-20-55(53)69(49-31-23-42(24-32-49)44-27-35-51(36-28-44)73-63-40(2)71-63)57-38-47(37-56(68)58(57)64)61-66-59(45-13-5-3-6-14-45)65-60(67-61)46-15-7-4-8-16-46/h3-40,62-63H,1-2H3. The van der Waals surface area contributed by atoms with E-state index in [4.69, 9.17) is 33.9 Å². The summed E-state index contributed by atoms with van der Waals surface area (Å²) in [6.45, 7) is 3.97. The van der Waals surface area contributed by atoms with E-state index >= 15 is 0 Å². The van der Waals surface area contributed by atoms with E-state index in [9.17, 15) is 0 Å². The van der Waals surface area contributed by atoms with Crippen LogP contribution >= 0.6 is 0 Å². The number of benzene rings is 9. The van der Waals surface area contributed by atoms with E-state index in [1.165, 1.54) is 16.4 Å². The van der Waals surface area contributed by atoms with Crippen molar-refractivity contribution in [1.29, 1.82) is 0 Å². The van der Waals surface area contributed by atoms with Gasteiger partial charge in [-0.3, -0.25) is 0 Å². The Balaban J connectivity index is 0.945. The van der Waals surface area contributed by atoms with Gasteiger partial charge in [0.1, 0.15) is 23.7 Å². The highest BCUT2D eigenvalue weighted by Crippen LogP contribution is 2.46. The fourth-order valence-electron chi connectivity index (χ4n) is 10.4. The Bertz CT molecular complexity index is 3460. The lowest BCUT2D eigenvalue weighted by Gasteiger charge is -2.44. The number of epoxide rings is 2. The van der Waals surface area contributed by atoms with Crippen molar-refractivity contribution in [2.24, 2.45) is 0 Å². The summed E-state index contributed by atoms with van der Waals surface area (Å²) in [5, 5.41) is 0. The topological polar surface area (TPSA) is 88.7 Å². The summed E-state index contributed by atoms with van der Waals surface area (Å²) in [4.78, 5) is 20.5. The van der Waals surface area contributed by atoms with Crippen LogP contribution in [0.3, 0.4) is 0 Å². The molecular formula is C63H46BN5O4. The zero-order valence-corrected chi connectivity index (χ0v) is 40.0. The number of fused-ring (bicyclic) bond motifs is 4. The van der Waals surface area contributed by atoms with Crippen LogP contribution in [0.2, 0.25) is 0 Å². The molecule has 9 nitrogen and oxygen atoms in total. The number of aromatic nitrogens is 3. The van der Waals surface area contributed by atoms with E-state index in [1.54, 1.807) is 0 Å². The Morgan fingerprint density at radius 1 is 0.370 bits per heavy atom. The van der Waals surface area contributed by atoms with Gasteiger partial charge in [0.25, 0.3) is 6.71 Å². The molecule has 10 heteroatoms. The molecule has 0 N–H and O–H groups in total. The maximum absolute atomic E-state index is 5.97. The van der Waals surface area contributed by atoms with E-state index < -0.39 is 0 Å². The molecule has 2 fully saturated rings. The van der Waals surface area contributed by atoms with E-state index in [-0.39, 0.29) is 31.5 Å². The van der Waals surface area contributed by atoms with Crippen LogP contribution in [0.4, 0.5) is 34.1 Å². The third kappa shape index (κ3) is 7.88. The number of rotatable bonds is 11. The van der Waals surface area contributed by atoms with Crippen molar-refractivity contribution in [3.63, 3.8) is 0 Å². The first-order valence-corrected chi connectivity index (χ1v) is 24.9. The molecule has 4 aliphatic heterocycles. The van der Waals surface area contributed by atoms with Gasteiger partial charge in [0.15, 0.2) is 17.5 Å². The molecule has 0 spiro atoms. The van der Waals surface area contributed by atoms with Crippen LogP contribution in [0, 0.1) is 0 Å². The molecule has 0 bridgehead atoms. The van der Waals surface area contributed by atoms with E-state index in [0.29, 0.717) is 17.5 Å². The SMILES string of the molecule is CC1OC1Oc1ccc(-c2ccc(N3c4ccccc4B4c5ccccc5N(c5ccc(-c6ccc(OC7OC7C)cc6)cc5)c5cc(-c6nc(-c7ccccc7)nc(-c7ccccc7)n6)cc3c54)cc2)cc1. The van der Waals surface area contributed by atoms with Crippen LogP contribution in [0.5, 0.6) is 11.5 Å². The summed E-state index contributed by atoms with van der Waals surface area (Å²) in [6, 6.07) is 76.8. The minimum Gasteiger partial charge on any atom is -0.462 e. The van der Waals surface area contributed by atoms with Crippen molar-refractivity contribution in [2.75, 3.05) is 9.80 Å². The molecule has 14 rings (SSSR count). The van der Waals surface area contributed by atoms with Crippen molar-refractivity contribution >= 4 is 57.2 Å². The number of ether oxygens (including phenoxy) is 4. The second-order valence-corrected chi connectivity index (χ2v) is 19.0. The molecule has 0 amide bonds. The molecule has 10 aromatic rings. The third-order valence-corrected chi connectivity index (χ3v) is 14.3. The van der Waals surface area contributed by atoms with Gasteiger partial charge in [-0.05, 0) is 125 Å². The minimum absolute atomic E-state index is 0.0647. The van der Waals surface area contributed by atoms with Crippen molar-refractivity contribution in [2.45, 2.75) is 38.6 Å². The van der Waals surface area contributed by atoms with Gasteiger partial charge in [-0.1, -0.05) is 146 Å². The Hall–Kier alpha value is -8.83. The van der Waals surface area contributed by atoms with Gasteiger partial charge in [0.2, 0.25) is 12.6 Å². The lowest BCUT2D eigenvalue weighted by atomic mass is 9.33. The van der Waals surface area contributed by atoms with E-state index in [1.807, 2.05) is 74.5 Å². The number of para-hydroxylation sites is 2. The molecule has 2 saturated heterocycles. The van der Waals surface area contributed by atoms with Crippen molar-refractivity contribution < 1.29 is 18.9 Å². The summed E-state index contributed by atoms with van der Waals surface area (Å²) in [7, 11) is 0. The summed E-state index contributed by atoms with van der Waals surface area (Å²) in [5.41, 5.74) is 17.2. The van der Waals surface area contributed by atoms with Gasteiger partial charge in [0.05, 0.1) is 0 Å². The lowest BCUT2D eigenvalue weighted by molar-refractivity contribution is 0.178. The van der Waals surface area contributed by atoms with Crippen molar-refractivity contribution in [3.8, 4) is 67.9 Å². The first kappa shape index (κ1) is 43.0. The van der Waals surface area contributed by atoms with Gasteiger partial charge >= 0.3 is 0 Å². The highest BCUT2D eigenvalue weighted by atomic mass is 16.8. The Labute approximate surface area is 424 Å². The average Bonchev–Trinajstić information content (AvgIpc) is 4.37. The normalized spacial score (nSPS) is 17.8. The first-order chi connectivity index (χ1) is 36.0. The Kier molecular flexibility index (Phi) is 10.3. The fraction of sp³-hybridized carbons (Fsp3) is 0.0952. The Morgan fingerprint density at radius 3 is 1.10 bits per heavy atom. The van der Waals surface area contributed by atoms with Gasteiger partial charge in [-0.25, -0.2) is 15.0 Å². The highest BCUT2D eigenvalue weighted by molar-refractivity contribution is 7.00. The molecule has 73 heavy (non-hydrogen) atoms. The molecule has 0 saturated carbocycles. The Morgan fingerprint density at radius 2 is 0.712 bits per heavy atom. The smallest absolute Gasteiger partial charge is 0.252 e. The van der Waals surface area contributed by atoms with E-state index in [2.05, 4.69) is 168 Å². The molecule has 4 aliphatic rings. The molecule has 4 unspecified atom stereocenters. The van der Waals surface area contributed by atoms with Crippen LogP contribution in [0.25, 0.3) is 56.4 Å². The van der Waals surface area contributed by atoms with Gasteiger partial charge in [-0.15, -0.1) is 0 Å². The minimum atomic E-state index is -0.175. The molecule has 5 heterocycles. The second-order valence-electron chi connectivity index (χ2n) is 19.0. The first-order valence-electron chi connectivity index (χ1n) is 24.9. The summed E-state index contributed by atoms with van der Waals surface area (Å²) in [6.07, 6.45) is -0.106. The maximum Gasteiger partial charge on any atom is 0.252 e. The molecule has 350 valence electrons. The molecule has 9 aromatic carbocycles. The average molecular weight is 948 g/mol. The molecular weight excluding hydrogens is 902 g/mol. The summed E-state index contributed by atoms with van der Waals surface area (Å²) < 4.78 is 22.9. The zero-order valence-electron chi connectivity index (χ0n) is 40.0. The lowest BCUT2D eigenvalue weighted by Crippen LogP contribution is -2.61. The molecule has 0 aliphatic carbocycles. The van der Waals surface area contributed by atoms with Crippen LogP contribution in [-0.4, -0.2) is 46.5 Å². The number of hydrogen-bond donors (Lipinski definition) is 0. The van der Waals surface area contributed by atoms with Gasteiger partial charge < -0.3 is 28.7 Å². The van der Waals surface area contributed by atoms with E-state index in [0.717, 1.165) is 84.6 Å². The predicted molar refractivity (Wildman–Crippen MR) is 291 cm³/mol. The largest absolute Gasteiger partial charge is 0.462 e. The predicted octanol–water partition coefficient (Wildman–Crippen LogP) is 12.5. The fourth-order valence-corrected chi connectivity index (χ4v) is 10.4. The van der Waals surface area contributed by atoms with Crippen molar-refractivity contribution in [3.05, 3.63) is 218 Å². The number of hydrogen-bond acceptors (Lipinski definition) is 9. The highest BCUT2D eigenvalue weighted by Gasteiger charge is 2.44. The van der Waals surface area contributed by atoms with Crippen molar-refractivity contribution in [1.82, 2.24) is 15.0 Å². The van der Waals surface area contributed by atoms with Crippen LogP contribution in [-0.2, 0) is 9.47 Å². The number of nitrogens with zero attached hydrogens (tertiary/aromatic N) is 5. The van der Waals surface area contributed by atoms with Crippen LogP contribution in [0.1, 0.15) is 13.8 Å². The van der Waals surface area contributed by atoms with Gasteiger partial charge in [-0.2, -0.15) is 0 Å². The quantitative estimate of drug-likeness (QED) is 0.0929. The molecule has 0 radical (unpaired) electrons. The third-order valence-electron chi connectivity index (χ3n) is 14.3. The number of anilines is 6. The summed E-state index contributed by atoms with van der Waals surface area (Å²) >= 11 is 0. The second kappa shape index (κ2) is 17.5. The summed E-state index contributed by atoms with van der Waals surface area (Å²) in [5.74, 6) is 3.39. The van der Waals surface area contributed by atoms with Crippen LogP contribution in [0.15, 0.2) is 218 Å². The molecule has 4 atom stereocenters.